The molecule has 1 N–H and O–H groups in total. The van der Waals surface area contributed by atoms with Crippen LogP contribution in [0, 0.1) is 18.2 Å². The number of terminal acetylenes is 1. The van der Waals surface area contributed by atoms with Crippen LogP contribution in [0.2, 0.25) is 0 Å². The number of anilines is 1. The van der Waals surface area contributed by atoms with Gasteiger partial charge in [-0.15, -0.1) is 6.42 Å². The number of ether oxygens (including phenoxy) is 2. The first-order chi connectivity index (χ1) is 22.4. The largest absolute Gasteiger partial charge is 0.477 e. The topological polar surface area (TPSA) is 75.6 Å². The molecule has 5 aliphatic heterocycles. The first kappa shape index (κ1) is 27.8. The van der Waals surface area contributed by atoms with Crippen molar-refractivity contribution >= 4 is 27.5 Å². The maximum atomic E-state index is 17.1. The van der Waals surface area contributed by atoms with E-state index < -0.39 is 5.82 Å². The zero-order valence-electron chi connectivity index (χ0n) is 25.7. The van der Waals surface area contributed by atoms with Crippen molar-refractivity contribution in [1.29, 1.82) is 0 Å². The lowest BCUT2D eigenvalue weighted by Crippen LogP contribution is -2.59. The lowest BCUT2D eigenvalue weighted by Gasteiger charge is -2.43. The van der Waals surface area contributed by atoms with Crippen LogP contribution in [0.15, 0.2) is 60.7 Å². The van der Waals surface area contributed by atoms with Crippen LogP contribution in [0.4, 0.5) is 10.2 Å². The second kappa shape index (κ2) is 10.2. The number of nitrogens with zero attached hydrogens (tertiary/aromatic N) is 5. The van der Waals surface area contributed by atoms with Gasteiger partial charge in [0.25, 0.3) is 0 Å². The van der Waals surface area contributed by atoms with Gasteiger partial charge in [0, 0.05) is 60.7 Å². The van der Waals surface area contributed by atoms with Crippen molar-refractivity contribution in [3.63, 3.8) is 0 Å². The lowest BCUT2D eigenvalue weighted by atomic mass is 9.92. The van der Waals surface area contributed by atoms with E-state index in [9.17, 15) is 0 Å². The smallest absolute Gasteiger partial charge is 0.319 e. The van der Waals surface area contributed by atoms with E-state index in [1.54, 1.807) is 0 Å². The minimum absolute atomic E-state index is 0.141. The zero-order chi connectivity index (χ0) is 31.2. The molecular weight excluding hydrogens is 579 g/mol. The highest BCUT2D eigenvalue weighted by Crippen LogP contribution is 2.45. The average Bonchev–Trinajstić information content (AvgIpc) is 3.68. The van der Waals surface area contributed by atoms with Gasteiger partial charge >= 0.3 is 6.01 Å². The van der Waals surface area contributed by atoms with Crippen LogP contribution in [0.3, 0.4) is 0 Å². The molecule has 0 unspecified atom stereocenters. The molecule has 0 amide bonds. The van der Waals surface area contributed by atoms with Crippen LogP contribution in [-0.2, 0) is 0 Å². The van der Waals surface area contributed by atoms with Crippen molar-refractivity contribution in [2.75, 3.05) is 37.7 Å². The first-order valence-electron chi connectivity index (χ1n) is 16.2. The molecular formula is C37H35FN6O2. The number of pyridine rings is 1. The standard InChI is InChI=1S/C37H35FN6O2/c1-4-23-7-5-8-24-9-6-10-26(29(23)24)32-31(38)33-30-34(44-19-25-11-12-27(39-25)28(44)13-14-45-35(30)40-32)42-36(41-33)46-20-37-15-21(2)17-43(37)18-22(3)16-37/h1,5-10,25,27-28,39H,2-3,11-20H2/t25-,27+,28-/m1/s1. The molecule has 5 aliphatic rings. The van der Waals surface area contributed by atoms with Gasteiger partial charge in [0.1, 0.15) is 29.0 Å². The molecule has 7 heterocycles. The molecule has 4 aromatic rings. The predicted octanol–water partition coefficient (Wildman–Crippen LogP) is 5.40. The van der Waals surface area contributed by atoms with Gasteiger partial charge in [0.05, 0.1) is 12.1 Å². The van der Waals surface area contributed by atoms with E-state index in [4.69, 9.17) is 30.8 Å². The monoisotopic (exact) mass is 614 g/mol. The summed E-state index contributed by atoms with van der Waals surface area (Å²) >= 11 is 0. The zero-order valence-corrected chi connectivity index (χ0v) is 25.7. The maximum Gasteiger partial charge on any atom is 0.319 e. The fourth-order valence-corrected chi connectivity index (χ4v) is 8.73. The Morgan fingerprint density at radius 1 is 1.04 bits per heavy atom. The van der Waals surface area contributed by atoms with Gasteiger partial charge in [-0.25, -0.2) is 9.37 Å². The Hall–Kier alpha value is -4.52. The summed E-state index contributed by atoms with van der Waals surface area (Å²) in [5, 5.41) is 5.93. The number of hydrogen-bond acceptors (Lipinski definition) is 8. The quantitative estimate of drug-likeness (QED) is 0.242. The fraction of sp³-hybridized carbons (Fsp3) is 0.378. The van der Waals surface area contributed by atoms with Gasteiger partial charge in [-0.3, -0.25) is 4.90 Å². The molecule has 2 aromatic heterocycles. The Labute approximate surface area is 267 Å². The van der Waals surface area contributed by atoms with Crippen molar-refractivity contribution < 1.29 is 13.9 Å². The van der Waals surface area contributed by atoms with E-state index in [2.05, 4.69) is 34.2 Å². The van der Waals surface area contributed by atoms with Crippen molar-refractivity contribution in [3.8, 4) is 35.5 Å². The van der Waals surface area contributed by atoms with Crippen LogP contribution in [0.25, 0.3) is 32.9 Å². The van der Waals surface area contributed by atoms with E-state index >= 15 is 4.39 Å². The van der Waals surface area contributed by atoms with E-state index in [0.717, 1.165) is 62.5 Å². The van der Waals surface area contributed by atoms with Gasteiger partial charge in [-0.1, -0.05) is 60.6 Å². The number of nitrogens with one attached hydrogen (secondary N) is 1. The first-order valence-corrected chi connectivity index (χ1v) is 16.2. The molecule has 2 aromatic carbocycles. The number of benzene rings is 2. The highest BCUT2D eigenvalue weighted by Gasteiger charge is 2.48. The summed E-state index contributed by atoms with van der Waals surface area (Å²) in [6.07, 6.45) is 10.5. The van der Waals surface area contributed by atoms with Gasteiger partial charge in [0.2, 0.25) is 5.88 Å². The van der Waals surface area contributed by atoms with Crippen molar-refractivity contribution in [1.82, 2.24) is 25.2 Å². The SMILES string of the molecule is C#Cc1cccc2cccc(-c3nc4c5c(nc(OCC67CC(=C)CN6CC(=C)C7)nc5c3F)N3C[C@H]5CC[C@H](N5)[C@H]3CCO4)c12. The van der Waals surface area contributed by atoms with Crippen molar-refractivity contribution in [2.24, 2.45) is 0 Å². The van der Waals surface area contributed by atoms with Crippen LogP contribution in [0.5, 0.6) is 11.9 Å². The Bertz CT molecular complexity index is 1990. The number of piperazine rings is 1. The summed E-state index contributed by atoms with van der Waals surface area (Å²) in [6, 6.07) is 12.4. The third kappa shape index (κ3) is 4.16. The molecule has 9 rings (SSSR count). The average molecular weight is 615 g/mol. The normalized spacial score (nSPS) is 24.8. The second-order valence-electron chi connectivity index (χ2n) is 13.6. The summed E-state index contributed by atoms with van der Waals surface area (Å²) in [4.78, 5) is 19.4. The van der Waals surface area contributed by atoms with Gasteiger partial charge in [0.15, 0.2) is 5.82 Å². The summed E-state index contributed by atoms with van der Waals surface area (Å²) in [7, 11) is 0. The molecule has 0 aliphatic carbocycles. The van der Waals surface area contributed by atoms with Crippen molar-refractivity contribution in [2.45, 2.75) is 55.8 Å². The third-order valence-corrected chi connectivity index (χ3v) is 10.6. The highest BCUT2D eigenvalue weighted by atomic mass is 19.1. The van der Waals surface area contributed by atoms with E-state index in [-0.39, 0.29) is 28.8 Å². The van der Waals surface area contributed by atoms with E-state index in [1.807, 2.05) is 36.4 Å². The molecule has 4 fully saturated rings. The molecule has 232 valence electrons. The Morgan fingerprint density at radius 3 is 2.65 bits per heavy atom. The van der Waals surface area contributed by atoms with Crippen LogP contribution in [0.1, 0.15) is 37.7 Å². The Kier molecular flexibility index (Phi) is 6.18. The second-order valence-corrected chi connectivity index (χ2v) is 13.6. The minimum Gasteiger partial charge on any atom is -0.477 e. The number of halogens is 1. The Morgan fingerprint density at radius 2 is 1.85 bits per heavy atom. The molecule has 46 heavy (non-hydrogen) atoms. The van der Waals surface area contributed by atoms with Crippen LogP contribution in [-0.4, -0.2) is 76.4 Å². The van der Waals surface area contributed by atoms with Crippen LogP contribution < -0.4 is 19.7 Å². The molecule has 8 nitrogen and oxygen atoms in total. The fourth-order valence-electron chi connectivity index (χ4n) is 8.73. The number of hydrogen-bond donors (Lipinski definition) is 1. The lowest BCUT2D eigenvalue weighted by molar-refractivity contribution is 0.108. The van der Waals surface area contributed by atoms with E-state index in [1.165, 1.54) is 11.1 Å². The molecule has 0 radical (unpaired) electrons. The molecule has 3 atom stereocenters. The predicted molar refractivity (Wildman–Crippen MR) is 177 cm³/mol. The number of aromatic nitrogens is 3. The van der Waals surface area contributed by atoms with Crippen LogP contribution >= 0.6 is 0 Å². The summed E-state index contributed by atoms with van der Waals surface area (Å²) in [6.45, 7) is 11.8. The Balaban J connectivity index is 1.24. The van der Waals surface area contributed by atoms with Gasteiger partial charge in [-0.2, -0.15) is 9.97 Å². The van der Waals surface area contributed by atoms with Gasteiger partial charge in [-0.05, 0) is 37.1 Å². The third-order valence-electron chi connectivity index (χ3n) is 10.6. The maximum absolute atomic E-state index is 17.1. The molecule has 0 spiro atoms. The molecule has 9 heteroatoms. The van der Waals surface area contributed by atoms with E-state index in [0.29, 0.717) is 53.5 Å². The van der Waals surface area contributed by atoms with Crippen molar-refractivity contribution in [3.05, 3.63) is 72.1 Å². The van der Waals surface area contributed by atoms with Gasteiger partial charge < -0.3 is 19.7 Å². The summed E-state index contributed by atoms with van der Waals surface area (Å²) < 4.78 is 30.0. The summed E-state index contributed by atoms with van der Waals surface area (Å²) in [5.41, 5.74) is 3.68. The number of rotatable bonds is 4. The molecule has 0 saturated carbocycles. The summed E-state index contributed by atoms with van der Waals surface area (Å²) in [5.74, 6) is 3.18. The molecule has 4 saturated heterocycles. The molecule has 2 bridgehead atoms. The number of fused-ring (bicyclic) bond motifs is 7. The highest BCUT2D eigenvalue weighted by molar-refractivity contribution is 6.03. The minimum atomic E-state index is -0.548.